The predicted molar refractivity (Wildman–Crippen MR) is 68.7 cm³/mol. The Balaban J connectivity index is 2.59. The number of benzene rings is 1. The van der Waals surface area contributed by atoms with E-state index in [-0.39, 0.29) is 12.3 Å². The first kappa shape index (κ1) is 14.8. The third-order valence-corrected chi connectivity index (χ3v) is 2.50. The number of carbonyl (C=O) groups excluding carboxylic acids is 1. The molecule has 0 unspecified atom stereocenters. The van der Waals surface area contributed by atoms with Crippen LogP contribution in [0.1, 0.15) is 23.2 Å². The molecule has 1 aromatic carbocycles. The molecule has 19 heavy (non-hydrogen) atoms. The lowest BCUT2D eigenvalue weighted by Gasteiger charge is -2.09. The molecule has 6 nitrogen and oxygen atoms in total. The lowest BCUT2D eigenvalue weighted by Crippen LogP contribution is -2.24. The first-order valence-electron chi connectivity index (χ1n) is 5.80. The van der Waals surface area contributed by atoms with E-state index in [0.717, 1.165) is 0 Å². The zero-order chi connectivity index (χ0) is 14.3. The fourth-order valence-electron chi connectivity index (χ4n) is 1.52. The second-order valence-corrected chi connectivity index (χ2v) is 3.82. The van der Waals surface area contributed by atoms with E-state index in [1.807, 2.05) is 0 Å². The average molecular weight is 267 g/mol. The number of nitrogens with one attached hydrogen (secondary N) is 1. The number of hydrogen-bond donors (Lipinski definition) is 2. The van der Waals surface area contributed by atoms with Gasteiger partial charge in [0.2, 0.25) is 0 Å². The van der Waals surface area contributed by atoms with Crippen molar-refractivity contribution >= 4 is 11.9 Å². The lowest BCUT2D eigenvalue weighted by atomic mass is 10.2. The molecule has 0 spiro atoms. The van der Waals surface area contributed by atoms with Gasteiger partial charge in [0.05, 0.1) is 14.2 Å². The molecule has 0 fully saturated rings. The van der Waals surface area contributed by atoms with Crippen LogP contribution in [0.2, 0.25) is 0 Å². The Bertz CT molecular complexity index is 458. The van der Waals surface area contributed by atoms with Crippen molar-refractivity contribution in [1.29, 1.82) is 0 Å². The summed E-state index contributed by atoms with van der Waals surface area (Å²) in [6.45, 7) is 0.319. The highest BCUT2D eigenvalue weighted by Crippen LogP contribution is 2.27. The van der Waals surface area contributed by atoms with E-state index < -0.39 is 5.97 Å². The minimum atomic E-state index is -0.875. The van der Waals surface area contributed by atoms with Gasteiger partial charge in [-0.25, -0.2) is 0 Å². The molecule has 2 N–H and O–H groups in total. The average Bonchev–Trinajstić information content (AvgIpc) is 2.42. The number of amides is 1. The Morgan fingerprint density at radius 3 is 2.47 bits per heavy atom. The molecule has 0 aromatic heterocycles. The maximum Gasteiger partial charge on any atom is 0.303 e. The summed E-state index contributed by atoms with van der Waals surface area (Å²) in [6, 6.07) is 4.84. The fraction of sp³-hybridized carbons (Fsp3) is 0.385. The van der Waals surface area contributed by atoms with Crippen molar-refractivity contribution in [1.82, 2.24) is 5.32 Å². The van der Waals surface area contributed by atoms with Gasteiger partial charge in [0, 0.05) is 18.5 Å². The van der Waals surface area contributed by atoms with E-state index in [0.29, 0.717) is 30.0 Å². The van der Waals surface area contributed by atoms with Crippen LogP contribution in [-0.2, 0) is 4.79 Å². The van der Waals surface area contributed by atoms with Crippen LogP contribution < -0.4 is 14.8 Å². The minimum Gasteiger partial charge on any atom is -0.493 e. The van der Waals surface area contributed by atoms with Crippen LogP contribution in [0, 0.1) is 0 Å². The molecule has 104 valence electrons. The van der Waals surface area contributed by atoms with Gasteiger partial charge in [0.15, 0.2) is 11.5 Å². The molecular formula is C13H17NO5. The van der Waals surface area contributed by atoms with Crippen LogP contribution >= 0.6 is 0 Å². The fourth-order valence-corrected chi connectivity index (χ4v) is 1.52. The van der Waals surface area contributed by atoms with Crippen molar-refractivity contribution in [2.75, 3.05) is 20.8 Å². The number of carbonyl (C=O) groups is 2. The predicted octanol–water partition coefficient (Wildman–Crippen LogP) is 1.30. The molecule has 1 aromatic rings. The third-order valence-electron chi connectivity index (χ3n) is 2.50. The molecule has 0 atom stereocenters. The zero-order valence-electron chi connectivity index (χ0n) is 10.9. The highest BCUT2D eigenvalue weighted by molar-refractivity contribution is 5.94. The second-order valence-electron chi connectivity index (χ2n) is 3.82. The minimum absolute atomic E-state index is 0.0339. The van der Waals surface area contributed by atoms with Crippen LogP contribution in [-0.4, -0.2) is 37.7 Å². The summed E-state index contributed by atoms with van der Waals surface area (Å²) in [5, 5.41) is 11.1. The van der Waals surface area contributed by atoms with Crippen molar-refractivity contribution in [3.8, 4) is 11.5 Å². The van der Waals surface area contributed by atoms with Crippen LogP contribution in [0.5, 0.6) is 11.5 Å². The lowest BCUT2D eigenvalue weighted by molar-refractivity contribution is -0.137. The first-order chi connectivity index (χ1) is 9.08. The molecule has 0 radical (unpaired) electrons. The summed E-state index contributed by atoms with van der Waals surface area (Å²) < 4.78 is 10.2. The Hall–Kier alpha value is -2.24. The molecule has 6 heteroatoms. The maximum absolute atomic E-state index is 11.8. The van der Waals surface area contributed by atoms with Gasteiger partial charge in [-0.2, -0.15) is 0 Å². The van der Waals surface area contributed by atoms with E-state index >= 15 is 0 Å². The number of ether oxygens (including phenoxy) is 2. The van der Waals surface area contributed by atoms with Crippen LogP contribution in [0.4, 0.5) is 0 Å². The Morgan fingerprint density at radius 1 is 1.21 bits per heavy atom. The van der Waals surface area contributed by atoms with Crippen molar-refractivity contribution < 1.29 is 24.2 Å². The number of carboxylic acids is 1. The van der Waals surface area contributed by atoms with Crippen molar-refractivity contribution in [3.05, 3.63) is 23.8 Å². The quantitative estimate of drug-likeness (QED) is 0.727. The summed E-state index contributed by atoms with van der Waals surface area (Å²) in [7, 11) is 3.01. The summed E-state index contributed by atoms with van der Waals surface area (Å²) in [4.78, 5) is 22.1. The molecule has 1 rings (SSSR count). The SMILES string of the molecule is COc1ccc(C(=O)NCCCC(=O)O)cc1OC. The molecule has 0 aliphatic rings. The van der Waals surface area contributed by atoms with Crippen molar-refractivity contribution in [2.45, 2.75) is 12.8 Å². The standard InChI is InChI=1S/C13H17NO5/c1-18-10-6-5-9(8-11(10)19-2)13(17)14-7-3-4-12(15)16/h5-6,8H,3-4,7H2,1-2H3,(H,14,17)(H,15,16). The number of hydrogen-bond acceptors (Lipinski definition) is 4. The van der Waals surface area contributed by atoms with Crippen LogP contribution in [0.25, 0.3) is 0 Å². The zero-order valence-corrected chi connectivity index (χ0v) is 10.9. The highest BCUT2D eigenvalue weighted by atomic mass is 16.5. The molecule has 0 aliphatic heterocycles. The van der Waals surface area contributed by atoms with E-state index in [9.17, 15) is 9.59 Å². The summed E-state index contributed by atoms with van der Waals surface area (Å²) in [5.74, 6) is -0.127. The highest BCUT2D eigenvalue weighted by Gasteiger charge is 2.10. The van der Waals surface area contributed by atoms with Gasteiger partial charge in [-0.15, -0.1) is 0 Å². The van der Waals surface area contributed by atoms with Gasteiger partial charge in [-0.3, -0.25) is 9.59 Å². The monoisotopic (exact) mass is 267 g/mol. The molecule has 0 saturated carbocycles. The van der Waals surface area contributed by atoms with Gasteiger partial charge in [0.25, 0.3) is 5.91 Å². The maximum atomic E-state index is 11.8. The van der Waals surface area contributed by atoms with Crippen molar-refractivity contribution in [2.24, 2.45) is 0 Å². The number of aliphatic carboxylic acids is 1. The van der Waals surface area contributed by atoms with Gasteiger partial charge in [-0.1, -0.05) is 0 Å². The number of rotatable bonds is 7. The largest absolute Gasteiger partial charge is 0.493 e. The van der Waals surface area contributed by atoms with Gasteiger partial charge in [0.1, 0.15) is 0 Å². The molecule has 0 saturated heterocycles. The molecule has 0 aliphatic carbocycles. The Morgan fingerprint density at radius 2 is 1.89 bits per heavy atom. The first-order valence-corrected chi connectivity index (χ1v) is 5.80. The summed E-state index contributed by atoms with van der Waals surface area (Å²) in [6.07, 6.45) is 0.431. The van der Waals surface area contributed by atoms with E-state index in [4.69, 9.17) is 14.6 Å². The topological polar surface area (TPSA) is 84.9 Å². The van der Waals surface area contributed by atoms with Crippen LogP contribution in [0.3, 0.4) is 0 Å². The summed E-state index contributed by atoms with van der Waals surface area (Å²) in [5.41, 5.74) is 0.438. The van der Waals surface area contributed by atoms with E-state index in [2.05, 4.69) is 5.32 Å². The number of carboxylic acid groups (broad SMARTS) is 1. The Labute approximate surface area is 111 Å². The normalized spacial score (nSPS) is 9.79. The molecule has 0 heterocycles. The third kappa shape index (κ3) is 4.50. The molecule has 1 amide bonds. The smallest absolute Gasteiger partial charge is 0.303 e. The Kier molecular flexibility index (Phi) is 5.66. The van der Waals surface area contributed by atoms with Crippen molar-refractivity contribution in [3.63, 3.8) is 0 Å². The molecule has 0 bridgehead atoms. The van der Waals surface area contributed by atoms with E-state index in [1.165, 1.54) is 14.2 Å². The van der Waals surface area contributed by atoms with Crippen LogP contribution in [0.15, 0.2) is 18.2 Å². The van der Waals surface area contributed by atoms with Gasteiger partial charge in [-0.05, 0) is 24.6 Å². The molecular weight excluding hydrogens is 250 g/mol. The second kappa shape index (κ2) is 7.25. The number of methoxy groups -OCH3 is 2. The summed E-state index contributed by atoms with van der Waals surface area (Å²) >= 11 is 0. The van der Waals surface area contributed by atoms with Gasteiger partial charge < -0.3 is 19.9 Å². The van der Waals surface area contributed by atoms with E-state index in [1.54, 1.807) is 18.2 Å². The van der Waals surface area contributed by atoms with Gasteiger partial charge >= 0.3 is 5.97 Å².